The highest BCUT2D eigenvalue weighted by molar-refractivity contribution is 7.91. The van der Waals surface area contributed by atoms with Crippen LogP contribution in [0.1, 0.15) is 31.7 Å². The topological polar surface area (TPSA) is 63.2 Å². The van der Waals surface area contributed by atoms with Gasteiger partial charge in [0.25, 0.3) is 0 Å². The summed E-state index contributed by atoms with van der Waals surface area (Å²) in [6.07, 6.45) is 4.22. The zero-order valence-electron chi connectivity index (χ0n) is 13.2. The molecule has 1 aromatic rings. The summed E-state index contributed by atoms with van der Waals surface area (Å²) in [5.74, 6) is 0.769. The molecule has 1 unspecified atom stereocenters. The fraction of sp³-hybridized carbons (Fsp3) is 0.471. The molecule has 23 heavy (non-hydrogen) atoms. The summed E-state index contributed by atoms with van der Waals surface area (Å²) in [5, 5.41) is 3.54. The molecule has 0 spiro atoms. The first-order valence-corrected chi connectivity index (χ1v) is 9.98. The molecule has 2 rings (SSSR count). The Morgan fingerprint density at radius 3 is 2.65 bits per heavy atom. The van der Waals surface area contributed by atoms with Crippen molar-refractivity contribution in [2.75, 3.05) is 18.1 Å². The Labute approximate surface area is 142 Å². The van der Waals surface area contributed by atoms with E-state index in [0.29, 0.717) is 28.6 Å². The minimum absolute atomic E-state index is 0.0982. The number of halogens is 1. The van der Waals surface area contributed by atoms with E-state index in [4.69, 9.17) is 11.6 Å². The monoisotopic (exact) mass is 355 g/mol. The Morgan fingerprint density at radius 2 is 2.04 bits per heavy atom. The summed E-state index contributed by atoms with van der Waals surface area (Å²) in [6, 6.07) is 7.29. The van der Waals surface area contributed by atoms with Gasteiger partial charge in [-0.15, -0.1) is 0 Å². The van der Waals surface area contributed by atoms with Crippen molar-refractivity contribution in [3.8, 4) is 0 Å². The first-order valence-electron chi connectivity index (χ1n) is 7.78. The van der Waals surface area contributed by atoms with Crippen LogP contribution in [0.15, 0.2) is 29.8 Å². The molecule has 1 aliphatic rings. The molecule has 0 bridgehead atoms. The molecule has 1 N–H and O–H groups in total. The molecule has 1 amide bonds. The highest BCUT2D eigenvalue weighted by Gasteiger charge is 2.27. The van der Waals surface area contributed by atoms with Gasteiger partial charge >= 0.3 is 0 Å². The highest BCUT2D eigenvalue weighted by Crippen LogP contribution is 2.22. The van der Waals surface area contributed by atoms with Crippen LogP contribution < -0.4 is 5.32 Å². The lowest BCUT2D eigenvalue weighted by molar-refractivity contribution is -0.117. The Hall–Kier alpha value is -1.33. The molecule has 1 aliphatic heterocycles. The fourth-order valence-electron chi connectivity index (χ4n) is 2.71. The third kappa shape index (κ3) is 5.99. The third-order valence-electron chi connectivity index (χ3n) is 4.01. The molecular formula is C17H22ClNO3S. The second-order valence-corrected chi connectivity index (χ2v) is 8.71. The van der Waals surface area contributed by atoms with Crippen molar-refractivity contribution in [3.63, 3.8) is 0 Å². The smallest absolute Gasteiger partial charge is 0.246 e. The molecule has 1 heterocycles. The van der Waals surface area contributed by atoms with Gasteiger partial charge in [-0.25, -0.2) is 8.42 Å². The van der Waals surface area contributed by atoms with Crippen LogP contribution in [0.2, 0.25) is 5.02 Å². The van der Waals surface area contributed by atoms with Gasteiger partial charge in [0.05, 0.1) is 11.5 Å². The molecule has 4 nitrogen and oxygen atoms in total. The van der Waals surface area contributed by atoms with E-state index in [0.717, 1.165) is 24.8 Å². The van der Waals surface area contributed by atoms with Crippen molar-refractivity contribution in [2.24, 2.45) is 5.92 Å². The first kappa shape index (κ1) is 18.0. The van der Waals surface area contributed by atoms with E-state index >= 15 is 0 Å². The summed E-state index contributed by atoms with van der Waals surface area (Å²) < 4.78 is 22.8. The molecule has 1 saturated heterocycles. The van der Waals surface area contributed by atoms with Gasteiger partial charge in [0.2, 0.25) is 5.91 Å². The standard InChI is InChI=1S/C17H22ClNO3S/c1-13(11-14-4-6-16(18)7-5-14)17(20)19-9-2-3-15-8-10-23(21,22)12-15/h4-7,11,15H,2-3,8-10,12H2,1H3,(H,19,20)/b13-11+. The van der Waals surface area contributed by atoms with Crippen LogP contribution in [0.3, 0.4) is 0 Å². The Kier molecular flexibility index (Phi) is 6.25. The summed E-state index contributed by atoms with van der Waals surface area (Å²) >= 11 is 5.83. The number of nitrogens with one attached hydrogen (secondary N) is 1. The van der Waals surface area contributed by atoms with Gasteiger partial charge in [-0.1, -0.05) is 23.7 Å². The molecule has 126 valence electrons. The maximum absolute atomic E-state index is 12.0. The van der Waals surface area contributed by atoms with E-state index in [1.165, 1.54) is 0 Å². The van der Waals surface area contributed by atoms with E-state index in [1.54, 1.807) is 19.1 Å². The van der Waals surface area contributed by atoms with Gasteiger partial charge in [0.15, 0.2) is 9.84 Å². The summed E-state index contributed by atoms with van der Waals surface area (Å²) in [7, 11) is -2.81. The van der Waals surface area contributed by atoms with Gasteiger partial charge in [-0.2, -0.15) is 0 Å². The van der Waals surface area contributed by atoms with Gasteiger partial charge in [-0.05, 0) is 55.9 Å². The number of hydrogen-bond acceptors (Lipinski definition) is 3. The minimum atomic E-state index is -2.81. The number of rotatable bonds is 6. The minimum Gasteiger partial charge on any atom is -0.352 e. The van der Waals surface area contributed by atoms with Crippen molar-refractivity contribution in [1.82, 2.24) is 5.32 Å². The van der Waals surface area contributed by atoms with Crippen LogP contribution in [-0.2, 0) is 14.6 Å². The van der Waals surface area contributed by atoms with Crippen LogP contribution in [0, 0.1) is 5.92 Å². The van der Waals surface area contributed by atoms with Crippen molar-refractivity contribution in [3.05, 3.63) is 40.4 Å². The third-order valence-corrected chi connectivity index (χ3v) is 6.10. The van der Waals surface area contributed by atoms with Crippen LogP contribution >= 0.6 is 11.6 Å². The number of amides is 1. The molecular weight excluding hydrogens is 334 g/mol. The van der Waals surface area contributed by atoms with Crippen molar-refractivity contribution in [2.45, 2.75) is 26.2 Å². The molecule has 1 atom stereocenters. The highest BCUT2D eigenvalue weighted by atomic mass is 35.5. The molecule has 0 aromatic heterocycles. The molecule has 0 aliphatic carbocycles. The van der Waals surface area contributed by atoms with Crippen LogP contribution in [0.5, 0.6) is 0 Å². The molecule has 1 aromatic carbocycles. The van der Waals surface area contributed by atoms with Crippen LogP contribution in [0.4, 0.5) is 0 Å². The Morgan fingerprint density at radius 1 is 1.35 bits per heavy atom. The lowest BCUT2D eigenvalue weighted by Crippen LogP contribution is -2.25. The van der Waals surface area contributed by atoms with Gasteiger partial charge in [0, 0.05) is 17.1 Å². The fourth-order valence-corrected chi connectivity index (χ4v) is 4.74. The zero-order valence-corrected chi connectivity index (χ0v) is 14.8. The van der Waals surface area contributed by atoms with Crippen LogP contribution in [-0.4, -0.2) is 32.4 Å². The quantitative estimate of drug-likeness (QED) is 0.630. The number of carbonyl (C=O) groups is 1. The predicted octanol–water partition coefficient (Wildman–Crippen LogP) is 3.07. The number of benzene rings is 1. The number of carbonyl (C=O) groups excluding carboxylic acids is 1. The van der Waals surface area contributed by atoms with Gasteiger partial charge < -0.3 is 5.32 Å². The Balaban J connectivity index is 1.73. The van der Waals surface area contributed by atoms with E-state index in [-0.39, 0.29) is 11.8 Å². The predicted molar refractivity (Wildman–Crippen MR) is 94.1 cm³/mol. The van der Waals surface area contributed by atoms with E-state index < -0.39 is 9.84 Å². The number of hydrogen-bond donors (Lipinski definition) is 1. The molecule has 0 saturated carbocycles. The maximum atomic E-state index is 12.0. The average Bonchev–Trinajstić information content (AvgIpc) is 2.85. The second kappa shape index (κ2) is 7.97. The van der Waals surface area contributed by atoms with Crippen molar-refractivity contribution in [1.29, 1.82) is 0 Å². The normalized spacial score (nSPS) is 20.4. The van der Waals surface area contributed by atoms with Gasteiger partial charge in [-0.3, -0.25) is 4.79 Å². The number of sulfone groups is 1. The first-order chi connectivity index (χ1) is 10.9. The molecule has 6 heteroatoms. The molecule has 1 fully saturated rings. The zero-order chi connectivity index (χ0) is 16.9. The maximum Gasteiger partial charge on any atom is 0.246 e. The van der Waals surface area contributed by atoms with Crippen molar-refractivity contribution >= 4 is 33.4 Å². The Bertz CT molecular complexity index is 680. The summed E-state index contributed by atoms with van der Waals surface area (Å²) in [4.78, 5) is 12.0. The van der Waals surface area contributed by atoms with E-state index in [1.807, 2.05) is 18.2 Å². The van der Waals surface area contributed by atoms with E-state index in [2.05, 4.69) is 5.32 Å². The molecule has 0 radical (unpaired) electrons. The lowest BCUT2D eigenvalue weighted by Gasteiger charge is -2.09. The average molecular weight is 356 g/mol. The second-order valence-electron chi connectivity index (χ2n) is 6.05. The largest absolute Gasteiger partial charge is 0.352 e. The summed E-state index contributed by atoms with van der Waals surface area (Å²) in [6.45, 7) is 2.34. The van der Waals surface area contributed by atoms with Crippen molar-refractivity contribution < 1.29 is 13.2 Å². The van der Waals surface area contributed by atoms with Crippen LogP contribution in [0.25, 0.3) is 6.08 Å². The summed E-state index contributed by atoms with van der Waals surface area (Å²) in [5.41, 5.74) is 1.56. The van der Waals surface area contributed by atoms with Gasteiger partial charge in [0.1, 0.15) is 0 Å². The SMILES string of the molecule is C/C(=C\c1ccc(Cl)cc1)C(=O)NCCCC1CCS(=O)(=O)C1. The lowest BCUT2D eigenvalue weighted by atomic mass is 10.0. The van der Waals surface area contributed by atoms with E-state index in [9.17, 15) is 13.2 Å².